The van der Waals surface area contributed by atoms with E-state index in [2.05, 4.69) is 29.2 Å². The molecular weight excluding hydrogens is 343 g/mol. The zero-order valence-corrected chi connectivity index (χ0v) is 15.4. The molecule has 0 N–H and O–H groups in total. The summed E-state index contributed by atoms with van der Waals surface area (Å²) in [6, 6.07) is 16.5. The highest BCUT2D eigenvalue weighted by Crippen LogP contribution is 2.29. The van der Waals surface area contributed by atoms with Gasteiger partial charge < -0.3 is 9.64 Å². The molecule has 0 aliphatic carbocycles. The lowest BCUT2D eigenvalue weighted by Gasteiger charge is -2.36. The van der Waals surface area contributed by atoms with Crippen LogP contribution < -0.4 is 4.74 Å². The maximum absolute atomic E-state index is 13.0. The molecule has 2 aromatic carbocycles. The minimum Gasteiger partial charge on any atom is -0.484 e. The SMILES string of the molecule is O=C(COc1ccc(F)cc1)N1C[C@H]2CC[C@@H]1CN(Cc1ccccc1)C2. The number of benzene rings is 2. The number of hydrogen-bond acceptors (Lipinski definition) is 3. The summed E-state index contributed by atoms with van der Waals surface area (Å²) in [5.74, 6) is 0.755. The van der Waals surface area contributed by atoms with E-state index in [1.807, 2.05) is 11.0 Å². The van der Waals surface area contributed by atoms with E-state index < -0.39 is 0 Å². The van der Waals surface area contributed by atoms with Crippen molar-refractivity contribution in [2.75, 3.05) is 26.2 Å². The zero-order valence-electron chi connectivity index (χ0n) is 15.4. The van der Waals surface area contributed by atoms with Crippen LogP contribution in [-0.2, 0) is 11.3 Å². The maximum Gasteiger partial charge on any atom is 0.260 e. The number of halogens is 1. The van der Waals surface area contributed by atoms with E-state index in [9.17, 15) is 9.18 Å². The first-order valence-electron chi connectivity index (χ1n) is 9.61. The van der Waals surface area contributed by atoms with Crippen LogP contribution in [0.1, 0.15) is 18.4 Å². The summed E-state index contributed by atoms with van der Waals surface area (Å²) in [5, 5.41) is 0. The van der Waals surface area contributed by atoms with E-state index >= 15 is 0 Å². The van der Waals surface area contributed by atoms with Crippen molar-refractivity contribution < 1.29 is 13.9 Å². The molecule has 3 aliphatic heterocycles. The first-order valence-corrected chi connectivity index (χ1v) is 9.61. The smallest absolute Gasteiger partial charge is 0.260 e. The lowest BCUT2D eigenvalue weighted by molar-refractivity contribution is -0.137. The Morgan fingerprint density at radius 1 is 1.00 bits per heavy atom. The highest BCUT2D eigenvalue weighted by atomic mass is 19.1. The summed E-state index contributed by atoms with van der Waals surface area (Å²) in [4.78, 5) is 17.2. The van der Waals surface area contributed by atoms with Crippen LogP contribution in [0.2, 0.25) is 0 Å². The van der Waals surface area contributed by atoms with Crippen LogP contribution in [0.5, 0.6) is 5.75 Å². The highest BCUT2D eigenvalue weighted by Gasteiger charge is 2.37. The van der Waals surface area contributed by atoms with E-state index in [0.717, 1.165) is 32.6 Å². The number of piperidine rings is 1. The second kappa shape index (κ2) is 8.09. The van der Waals surface area contributed by atoms with Crippen LogP contribution in [0.3, 0.4) is 0 Å². The number of rotatable bonds is 5. The summed E-state index contributed by atoms with van der Waals surface area (Å²) < 4.78 is 18.6. The molecule has 0 unspecified atom stereocenters. The van der Waals surface area contributed by atoms with Crippen molar-refractivity contribution in [1.82, 2.24) is 9.80 Å². The summed E-state index contributed by atoms with van der Waals surface area (Å²) in [6.07, 6.45) is 2.23. The molecule has 3 aliphatic rings. The Morgan fingerprint density at radius 3 is 2.56 bits per heavy atom. The average molecular weight is 368 g/mol. The van der Waals surface area contributed by atoms with Crippen molar-refractivity contribution in [3.8, 4) is 5.75 Å². The summed E-state index contributed by atoms with van der Waals surface area (Å²) in [5.41, 5.74) is 1.32. The first kappa shape index (κ1) is 18.0. The molecule has 5 rings (SSSR count). The molecule has 3 saturated heterocycles. The van der Waals surface area contributed by atoms with E-state index in [1.165, 1.54) is 24.1 Å². The summed E-state index contributed by atoms with van der Waals surface area (Å²) >= 11 is 0. The van der Waals surface area contributed by atoms with Crippen molar-refractivity contribution in [1.29, 1.82) is 0 Å². The van der Waals surface area contributed by atoms with Crippen molar-refractivity contribution >= 4 is 5.91 Å². The summed E-state index contributed by atoms with van der Waals surface area (Å²) in [7, 11) is 0. The standard InChI is InChI=1S/C22H25FN2O2/c23-19-7-10-21(11-8-19)27-16-22(26)25-14-18-6-9-20(25)15-24(13-18)12-17-4-2-1-3-5-17/h1-5,7-8,10-11,18,20H,6,9,12-16H2/t18-,20+/m0/s1. The van der Waals surface area contributed by atoms with E-state index in [4.69, 9.17) is 4.74 Å². The fraction of sp³-hybridized carbons (Fsp3) is 0.409. The number of hydrogen-bond donors (Lipinski definition) is 0. The molecule has 27 heavy (non-hydrogen) atoms. The van der Waals surface area contributed by atoms with Gasteiger partial charge in [-0.15, -0.1) is 0 Å². The predicted octanol–water partition coefficient (Wildman–Crippen LogP) is 3.33. The molecule has 0 spiro atoms. The lowest BCUT2D eigenvalue weighted by Crippen LogP contribution is -2.49. The Morgan fingerprint density at radius 2 is 1.78 bits per heavy atom. The van der Waals surface area contributed by atoms with E-state index in [0.29, 0.717) is 11.7 Å². The van der Waals surface area contributed by atoms with Gasteiger partial charge in [0.05, 0.1) is 0 Å². The van der Waals surface area contributed by atoms with Crippen LogP contribution in [0.15, 0.2) is 54.6 Å². The number of carbonyl (C=O) groups excluding carboxylic acids is 1. The Balaban J connectivity index is 1.36. The average Bonchev–Trinajstić information content (AvgIpc) is 2.99. The van der Waals surface area contributed by atoms with Gasteiger partial charge in [0.2, 0.25) is 0 Å². The first-order chi connectivity index (χ1) is 13.2. The molecule has 3 heterocycles. The van der Waals surface area contributed by atoms with Gasteiger partial charge in [0.15, 0.2) is 6.61 Å². The molecule has 3 fully saturated rings. The molecule has 1 amide bonds. The van der Waals surface area contributed by atoms with Gasteiger partial charge in [-0.05, 0) is 48.6 Å². The van der Waals surface area contributed by atoms with Gasteiger partial charge in [0, 0.05) is 32.2 Å². The van der Waals surface area contributed by atoms with Gasteiger partial charge in [-0.1, -0.05) is 30.3 Å². The molecule has 4 nitrogen and oxygen atoms in total. The molecule has 2 bridgehead atoms. The normalized spacial score (nSPS) is 22.5. The van der Waals surface area contributed by atoms with Crippen LogP contribution >= 0.6 is 0 Å². The van der Waals surface area contributed by atoms with Gasteiger partial charge in [-0.25, -0.2) is 4.39 Å². The number of fused-ring (bicyclic) bond motifs is 4. The van der Waals surface area contributed by atoms with Crippen LogP contribution in [0.4, 0.5) is 4.39 Å². The fourth-order valence-electron chi connectivity index (χ4n) is 4.21. The number of ether oxygens (including phenoxy) is 1. The third kappa shape index (κ3) is 4.48. The topological polar surface area (TPSA) is 32.8 Å². The second-order valence-electron chi connectivity index (χ2n) is 7.57. The second-order valence-corrected chi connectivity index (χ2v) is 7.57. The molecule has 0 radical (unpaired) electrons. The van der Waals surface area contributed by atoms with E-state index in [1.54, 1.807) is 12.1 Å². The molecule has 142 valence electrons. The largest absolute Gasteiger partial charge is 0.484 e. The molecule has 0 saturated carbocycles. The molecule has 5 heteroatoms. The maximum atomic E-state index is 13.0. The van der Waals surface area contributed by atoms with Gasteiger partial charge >= 0.3 is 0 Å². The summed E-state index contributed by atoms with van der Waals surface area (Å²) in [6.45, 7) is 3.69. The van der Waals surface area contributed by atoms with Crippen molar-refractivity contribution in [3.63, 3.8) is 0 Å². The minimum absolute atomic E-state index is 0.00748. The Labute approximate surface area is 159 Å². The van der Waals surface area contributed by atoms with Gasteiger partial charge in [-0.3, -0.25) is 9.69 Å². The Hall–Kier alpha value is -2.40. The highest BCUT2D eigenvalue weighted by molar-refractivity contribution is 5.78. The number of amides is 1. The van der Waals surface area contributed by atoms with Crippen LogP contribution in [0.25, 0.3) is 0 Å². The molecule has 2 aromatic rings. The van der Waals surface area contributed by atoms with Gasteiger partial charge in [0.1, 0.15) is 11.6 Å². The van der Waals surface area contributed by atoms with Gasteiger partial charge in [0.25, 0.3) is 5.91 Å². The Kier molecular flexibility index (Phi) is 5.39. The van der Waals surface area contributed by atoms with Crippen molar-refractivity contribution in [2.45, 2.75) is 25.4 Å². The molecule has 0 aromatic heterocycles. The third-order valence-electron chi connectivity index (χ3n) is 5.53. The Bertz CT molecular complexity index is 766. The van der Waals surface area contributed by atoms with Gasteiger partial charge in [-0.2, -0.15) is 0 Å². The van der Waals surface area contributed by atoms with Crippen molar-refractivity contribution in [2.24, 2.45) is 5.92 Å². The van der Waals surface area contributed by atoms with Crippen LogP contribution in [0, 0.1) is 11.7 Å². The number of carbonyl (C=O) groups is 1. The molecular formula is C22H25FN2O2. The monoisotopic (exact) mass is 368 g/mol. The van der Waals surface area contributed by atoms with Crippen molar-refractivity contribution in [3.05, 3.63) is 66.0 Å². The minimum atomic E-state index is -0.308. The predicted molar refractivity (Wildman–Crippen MR) is 102 cm³/mol. The fourth-order valence-corrected chi connectivity index (χ4v) is 4.21. The third-order valence-corrected chi connectivity index (χ3v) is 5.53. The van der Waals surface area contributed by atoms with E-state index in [-0.39, 0.29) is 24.4 Å². The zero-order chi connectivity index (χ0) is 18.6. The van der Waals surface area contributed by atoms with Crippen LogP contribution in [-0.4, -0.2) is 48.0 Å². The quantitative estimate of drug-likeness (QED) is 0.812. The lowest BCUT2D eigenvalue weighted by atomic mass is 9.95. The number of nitrogens with zero attached hydrogens (tertiary/aromatic N) is 2. The molecule has 2 atom stereocenters.